The number of fused-ring (bicyclic) bond motifs is 3. The highest BCUT2D eigenvalue weighted by Crippen LogP contribution is 2.37. The molecular weight excluding hydrogens is 283 g/mol. The smallest absolute Gasteiger partial charge is 0.271 e. The van der Waals surface area contributed by atoms with Crippen molar-refractivity contribution in [1.29, 1.82) is 0 Å². The molecule has 0 aromatic heterocycles. The number of rotatable bonds is 2. The zero-order valence-electron chi connectivity index (χ0n) is 11.1. The van der Waals surface area contributed by atoms with Gasteiger partial charge >= 0.3 is 0 Å². The van der Waals surface area contributed by atoms with Crippen LogP contribution in [0, 0.1) is 0 Å². The van der Waals surface area contributed by atoms with Gasteiger partial charge in [-0.05, 0) is 12.1 Å². The predicted octanol–water partition coefficient (Wildman–Crippen LogP) is 1.62. The third kappa shape index (κ3) is 2.81. The fraction of sp³-hybridized carbons (Fsp3) is 0.538. The van der Waals surface area contributed by atoms with Crippen LogP contribution in [0.3, 0.4) is 0 Å². The highest BCUT2D eigenvalue weighted by molar-refractivity contribution is 7.18. The quantitative estimate of drug-likeness (QED) is 0.666. The van der Waals surface area contributed by atoms with Crippen molar-refractivity contribution in [3.8, 4) is 5.75 Å². The van der Waals surface area contributed by atoms with Gasteiger partial charge in [-0.3, -0.25) is 4.90 Å². The molecule has 0 aliphatic carbocycles. The minimum Gasteiger partial charge on any atom is -0.489 e. The van der Waals surface area contributed by atoms with Crippen molar-refractivity contribution in [1.82, 2.24) is 4.90 Å². The Kier molecular flexibility index (Phi) is 3.46. The molecule has 0 saturated carbocycles. The zero-order chi connectivity index (χ0) is 14.3. The summed E-state index contributed by atoms with van der Waals surface area (Å²) in [6, 6.07) is 5.71. The summed E-state index contributed by atoms with van der Waals surface area (Å²) in [4.78, 5) is 4.02. The Labute approximate surface area is 119 Å². The zero-order valence-corrected chi connectivity index (χ0v) is 12.2. The van der Waals surface area contributed by atoms with Crippen LogP contribution < -0.4 is 15.4 Å². The first-order valence-electron chi connectivity index (χ1n) is 6.60. The van der Waals surface area contributed by atoms with Gasteiger partial charge in [0.15, 0.2) is 0 Å². The van der Waals surface area contributed by atoms with Crippen molar-refractivity contribution in [2.75, 3.05) is 43.4 Å². The van der Waals surface area contributed by atoms with E-state index in [1.807, 2.05) is 18.2 Å². The molecule has 0 bridgehead atoms. The average Bonchev–Trinajstić information content (AvgIpc) is 2.36. The molecule has 3 rings (SSSR count). The molecule has 1 aromatic carbocycles. The van der Waals surface area contributed by atoms with Gasteiger partial charge in [-0.2, -0.15) is 0 Å². The summed E-state index contributed by atoms with van der Waals surface area (Å²) in [7, 11) is 1.60. The first-order chi connectivity index (χ1) is 9.42. The van der Waals surface area contributed by atoms with E-state index in [1.54, 1.807) is 14.1 Å². The van der Waals surface area contributed by atoms with Crippen LogP contribution in [0.4, 0.5) is 20.2 Å². The highest BCUT2D eigenvalue weighted by Gasteiger charge is 2.35. The summed E-state index contributed by atoms with van der Waals surface area (Å²) in [5.41, 5.74) is 4.69. The van der Waals surface area contributed by atoms with E-state index >= 15 is 0 Å². The van der Waals surface area contributed by atoms with E-state index in [9.17, 15) is 8.78 Å². The van der Waals surface area contributed by atoms with Crippen LogP contribution in [0.15, 0.2) is 18.2 Å². The van der Waals surface area contributed by atoms with Crippen molar-refractivity contribution < 1.29 is 13.5 Å². The standard InChI is InChI=1S/C13H18F2N3OP/c14-13(15,20)8-17-3-4-18-10(6-17)7-19-12-5-9(16)1-2-11(12)18/h1-2,5,10H,3-4,6-8,16,20H2/t10-/m1/s1. The third-order valence-electron chi connectivity index (χ3n) is 3.73. The second-order valence-corrected chi connectivity index (χ2v) is 6.23. The lowest BCUT2D eigenvalue weighted by molar-refractivity contribution is 0.0414. The number of hydrogen-bond donors (Lipinski definition) is 1. The van der Waals surface area contributed by atoms with Gasteiger partial charge in [0, 0.05) is 31.4 Å². The Morgan fingerprint density at radius 1 is 1.40 bits per heavy atom. The van der Waals surface area contributed by atoms with Gasteiger partial charge in [0.05, 0.1) is 18.3 Å². The summed E-state index contributed by atoms with van der Waals surface area (Å²) in [5, 5.41) is 0. The van der Waals surface area contributed by atoms with Gasteiger partial charge in [0.2, 0.25) is 0 Å². The van der Waals surface area contributed by atoms with Crippen molar-refractivity contribution in [3.63, 3.8) is 0 Å². The molecule has 2 atom stereocenters. The number of hydrogen-bond acceptors (Lipinski definition) is 4. The molecule has 1 aromatic rings. The molecule has 1 fully saturated rings. The van der Waals surface area contributed by atoms with Gasteiger partial charge in [-0.25, -0.2) is 8.78 Å². The van der Waals surface area contributed by atoms with Crippen LogP contribution in [-0.4, -0.2) is 49.4 Å². The fourth-order valence-corrected chi connectivity index (χ4v) is 3.15. The molecule has 7 heteroatoms. The van der Waals surface area contributed by atoms with E-state index in [0.717, 1.165) is 18.0 Å². The van der Waals surface area contributed by atoms with Gasteiger partial charge in [0.1, 0.15) is 12.4 Å². The second-order valence-electron chi connectivity index (χ2n) is 5.38. The fourth-order valence-electron chi connectivity index (χ4n) is 2.89. The number of benzene rings is 1. The van der Waals surface area contributed by atoms with Crippen molar-refractivity contribution >= 4 is 20.6 Å². The molecule has 110 valence electrons. The molecule has 0 amide bonds. The normalized spacial score (nSPS) is 22.9. The molecule has 2 heterocycles. The largest absolute Gasteiger partial charge is 0.489 e. The molecule has 1 saturated heterocycles. The Hall–Kier alpha value is -1.13. The number of nitrogens with two attached hydrogens (primary N) is 1. The van der Waals surface area contributed by atoms with E-state index < -0.39 is 5.66 Å². The number of nitrogen functional groups attached to an aromatic ring is 1. The molecular formula is C13H18F2N3OP. The Morgan fingerprint density at radius 2 is 2.20 bits per heavy atom. The predicted molar refractivity (Wildman–Crippen MR) is 78.6 cm³/mol. The summed E-state index contributed by atoms with van der Waals surface area (Å²) in [6.07, 6.45) is 0. The molecule has 2 N–H and O–H groups in total. The van der Waals surface area contributed by atoms with Crippen molar-refractivity contribution in [3.05, 3.63) is 18.2 Å². The molecule has 1 unspecified atom stereocenters. The van der Waals surface area contributed by atoms with E-state index in [4.69, 9.17) is 10.5 Å². The lowest BCUT2D eigenvalue weighted by atomic mass is 10.1. The van der Waals surface area contributed by atoms with Crippen LogP contribution >= 0.6 is 9.24 Å². The summed E-state index contributed by atoms with van der Waals surface area (Å²) < 4.78 is 31.9. The van der Waals surface area contributed by atoms with Gasteiger partial charge in [-0.15, -0.1) is 0 Å². The SMILES string of the molecule is Nc1ccc2c(c1)OC[C@H]1CN(CC(F)(F)P)CCN21. The molecule has 4 nitrogen and oxygen atoms in total. The molecule has 2 aliphatic rings. The highest BCUT2D eigenvalue weighted by atomic mass is 31.0. The monoisotopic (exact) mass is 301 g/mol. The number of alkyl halides is 2. The van der Waals surface area contributed by atoms with Crippen LogP contribution in [0.1, 0.15) is 0 Å². The van der Waals surface area contributed by atoms with E-state index in [1.165, 1.54) is 0 Å². The Bertz CT molecular complexity index is 509. The first kappa shape index (κ1) is 13.8. The molecule has 2 aliphatic heterocycles. The van der Waals surface area contributed by atoms with Crippen LogP contribution in [-0.2, 0) is 0 Å². The minimum atomic E-state index is -2.73. The van der Waals surface area contributed by atoms with Gasteiger partial charge < -0.3 is 15.4 Å². The number of halogens is 2. The Morgan fingerprint density at radius 3 is 2.95 bits per heavy atom. The summed E-state index contributed by atoms with van der Waals surface area (Å²) in [5.74, 6) is 0.783. The van der Waals surface area contributed by atoms with Crippen LogP contribution in [0.25, 0.3) is 0 Å². The maximum absolute atomic E-state index is 13.1. The molecule has 0 spiro atoms. The summed E-state index contributed by atoms with van der Waals surface area (Å²) in [6.45, 7) is 2.23. The second kappa shape index (κ2) is 5.01. The number of piperazine rings is 1. The van der Waals surface area contributed by atoms with Gasteiger partial charge in [-0.1, -0.05) is 9.24 Å². The molecule has 0 radical (unpaired) electrons. The maximum atomic E-state index is 13.1. The maximum Gasteiger partial charge on any atom is 0.271 e. The number of anilines is 2. The van der Waals surface area contributed by atoms with Gasteiger partial charge in [0.25, 0.3) is 5.66 Å². The van der Waals surface area contributed by atoms with E-state index in [0.29, 0.717) is 25.4 Å². The lowest BCUT2D eigenvalue weighted by Crippen LogP contribution is -2.58. The minimum absolute atomic E-state index is 0.118. The number of nitrogens with zero attached hydrogens (tertiary/aromatic N) is 2. The van der Waals surface area contributed by atoms with Crippen molar-refractivity contribution in [2.24, 2.45) is 0 Å². The average molecular weight is 301 g/mol. The van der Waals surface area contributed by atoms with Crippen LogP contribution in [0.5, 0.6) is 5.75 Å². The Balaban J connectivity index is 1.74. The summed E-state index contributed by atoms with van der Waals surface area (Å²) >= 11 is 0. The number of ether oxygens (including phenoxy) is 1. The van der Waals surface area contributed by atoms with Crippen LogP contribution in [0.2, 0.25) is 0 Å². The van der Waals surface area contributed by atoms with Crippen molar-refractivity contribution in [2.45, 2.75) is 11.7 Å². The first-order valence-corrected chi connectivity index (χ1v) is 7.18. The topological polar surface area (TPSA) is 41.7 Å². The lowest BCUT2D eigenvalue weighted by Gasteiger charge is -2.46. The van der Waals surface area contributed by atoms with E-state index in [2.05, 4.69) is 4.90 Å². The van der Waals surface area contributed by atoms with E-state index in [-0.39, 0.29) is 12.6 Å². The molecule has 20 heavy (non-hydrogen) atoms. The third-order valence-corrected chi connectivity index (χ3v) is 3.91.